The normalized spacial score (nSPS) is 15.8. The lowest BCUT2D eigenvalue weighted by atomic mass is 9.89. The second kappa shape index (κ2) is 20.6. The highest BCUT2D eigenvalue weighted by atomic mass is 32.2. The molecule has 1 fully saturated rings. The minimum absolute atomic E-state index is 0.0870. The number of Topliss-reactive ketones (excluding diaryl/α,β-unsaturated/α-hetero) is 1. The zero-order valence-corrected chi connectivity index (χ0v) is 30.7. The monoisotopic (exact) mass is 718 g/mol. The van der Waals surface area contributed by atoms with Gasteiger partial charge in [0.25, 0.3) is 0 Å². The predicted molar refractivity (Wildman–Crippen MR) is 192 cm³/mol. The lowest BCUT2D eigenvalue weighted by Crippen LogP contribution is -2.45. The SMILES string of the molecule is CC(C)[C@H](NC(=O)CCCCN1C(=O)CC(SCCN)C1=O)C(=O)C[C@@H](CCCNC(N)=O)C(=O)Nc1ccc(COC(=O)C(C)(C)C)cc1. The first kappa shape index (κ1) is 42.2. The maximum atomic E-state index is 13.5. The number of nitrogens with two attached hydrogens (primary N) is 2. The lowest BCUT2D eigenvalue weighted by molar-refractivity contribution is -0.154. The zero-order valence-electron chi connectivity index (χ0n) is 29.9. The Morgan fingerprint density at radius 1 is 1.04 bits per heavy atom. The van der Waals surface area contributed by atoms with E-state index in [0.29, 0.717) is 37.2 Å². The smallest absolute Gasteiger partial charge is 0.312 e. The summed E-state index contributed by atoms with van der Waals surface area (Å²) in [7, 11) is 0. The summed E-state index contributed by atoms with van der Waals surface area (Å²) < 4.78 is 5.34. The van der Waals surface area contributed by atoms with Crippen LogP contribution in [0.25, 0.3) is 0 Å². The molecule has 0 aromatic heterocycles. The van der Waals surface area contributed by atoms with Crippen LogP contribution in [0.3, 0.4) is 0 Å². The second-order valence-electron chi connectivity index (χ2n) is 13.8. The van der Waals surface area contributed by atoms with E-state index in [4.69, 9.17) is 16.2 Å². The molecule has 1 saturated heterocycles. The van der Waals surface area contributed by atoms with Crippen LogP contribution in [0.5, 0.6) is 0 Å². The molecule has 7 N–H and O–H groups in total. The minimum Gasteiger partial charge on any atom is -0.460 e. The fraction of sp³-hybridized carbons (Fsp3) is 0.629. The summed E-state index contributed by atoms with van der Waals surface area (Å²) in [5, 5.41) is 7.73. The molecule has 1 unspecified atom stereocenters. The van der Waals surface area contributed by atoms with Crippen LogP contribution in [-0.4, -0.2) is 83.0 Å². The third kappa shape index (κ3) is 14.5. The van der Waals surface area contributed by atoms with Crippen molar-refractivity contribution < 1.29 is 38.3 Å². The van der Waals surface area contributed by atoms with E-state index in [1.807, 2.05) is 0 Å². The Hall–Kier alpha value is -3.98. The minimum atomic E-state index is -0.835. The number of rotatable bonds is 21. The van der Waals surface area contributed by atoms with E-state index >= 15 is 0 Å². The molecule has 0 radical (unpaired) electrons. The van der Waals surface area contributed by atoms with Gasteiger partial charge in [0.05, 0.1) is 16.7 Å². The van der Waals surface area contributed by atoms with Crippen molar-refractivity contribution in [2.24, 2.45) is 28.7 Å². The topological polar surface area (TPSA) is 220 Å². The molecule has 1 aromatic rings. The van der Waals surface area contributed by atoms with Crippen molar-refractivity contribution in [2.45, 2.75) is 97.5 Å². The standard InChI is InChI=1S/C35H54N6O8S/c1-22(2)30(40-28(43)10-6-7-17-41-29(44)20-27(32(41)46)50-18-15-36)26(42)19-24(9-8-16-38-34(37)48)31(45)39-25-13-11-23(12-14-25)21-49-33(47)35(3,4)5/h11-14,22,24,27,30H,6-10,15-21,36H2,1-5H3,(H,39,45)(H,40,43)(H3,37,38,48)/t24-,27?,30+/m1/s1. The Balaban J connectivity index is 1.97. The number of hydrogen-bond donors (Lipinski definition) is 5. The van der Waals surface area contributed by atoms with Crippen molar-refractivity contribution >= 4 is 58.9 Å². The van der Waals surface area contributed by atoms with Crippen LogP contribution in [0.1, 0.15) is 85.1 Å². The molecule has 278 valence electrons. The molecule has 1 heterocycles. The summed E-state index contributed by atoms with van der Waals surface area (Å²) in [5.41, 5.74) is 11.3. The predicted octanol–water partition coefficient (Wildman–Crippen LogP) is 2.87. The molecule has 1 aliphatic rings. The number of amides is 6. The molecular formula is C35H54N6O8S. The van der Waals surface area contributed by atoms with E-state index in [2.05, 4.69) is 16.0 Å². The molecule has 0 aliphatic carbocycles. The van der Waals surface area contributed by atoms with Crippen molar-refractivity contribution in [2.75, 3.05) is 30.7 Å². The number of urea groups is 1. The van der Waals surface area contributed by atoms with E-state index < -0.39 is 34.6 Å². The molecule has 50 heavy (non-hydrogen) atoms. The zero-order chi connectivity index (χ0) is 37.4. The Bertz CT molecular complexity index is 1350. The summed E-state index contributed by atoms with van der Waals surface area (Å²) in [4.78, 5) is 89.1. The molecule has 0 spiro atoms. The molecule has 1 aliphatic heterocycles. The number of anilines is 1. The Kier molecular flexibility index (Phi) is 17.4. The van der Waals surface area contributed by atoms with E-state index in [1.165, 1.54) is 16.7 Å². The number of nitrogens with zero attached hydrogens (tertiary/aromatic N) is 1. The van der Waals surface area contributed by atoms with E-state index in [-0.39, 0.29) is 80.8 Å². The van der Waals surface area contributed by atoms with Crippen molar-refractivity contribution in [1.29, 1.82) is 0 Å². The lowest BCUT2D eigenvalue weighted by Gasteiger charge is -2.24. The molecule has 15 heteroatoms. The molecule has 0 saturated carbocycles. The molecule has 3 atom stereocenters. The average Bonchev–Trinajstić information content (AvgIpc) is 3.31. The van der Waals surface area contributed by atoms with Crippen LogP contribution in [-0.2, 0) is 40.1 Å². The van der Waals surface area contributed by atoms with Crippen LogP contribution in [0.15, 0.2) is 24.3 Å². The first-order valence-electron chi connectivity index (χ1n) is 17.1. The van der Waals surface area contributed by atoms with Crippen molar-refractivity contribution in [3.63, 3.8) is 0 Å². The third-order valence-electron chi connectivity index (χ3n) is 8.06. The Morgan fingerprint density at radius 3 is 2.32 bits per heavy atom. The fourth-order valence-corrected chi connectivity index (χ4v) is 6.15. The van der Waals surface area contributed by atoms with Gasteiger partial charge < -0.3 is 32.2 Å². The number of unbranched alkanes of at least 4 members (excludes halogenated alkanes) is 1. The van der Waals surface area contributed by atoms with Gasteiger partial charge >= 0.3 is 12.0 Å². The van der Waals surface area contributed by atoms with Crippen LogP contribution >= 0.6 is 11.8 Å². The van der Waals surface area contributed by atoms with Gasteiger partial charge in [0.2, 0.25) is 23.6 Å². The second-order valence-corrected chi connectivity index (χ2v) is 15.1. The highest BCUT2D eigenvalue weighted by molar-refractivity contribution is 8.00. The maximum Gasteiger partial charge on any atom is 0.312 e. The van der Waals surface area contributed by atoms with Crippen molar-refractivity contribution in [1.82, 2.24) is 15.5 Å². The van der Waals surface area contributed by atoms with Gasteiger partial charge in [-0.3, -0.25) is 33.7 Å². The quantitative estimate of drug-likeness (QED) is 0.0711. The number of carbonyl (C=O) groups is 7. The van der Waals surface area contributed by atoms with Crippen molar-refractivity contribution in [3.8, 4) is 0 Å². The van der Waals surface area contributed by atoms with Gasteiger partial charge in [0, 0.05) is 56.3 Å². The molecular weight excluding hydrogens is 664 g/mol. The Morgan fingerprint density at radius 2 is 1.72 bits per heavy atom. The van der Waals surface area contributed by atoms with Crippen LogP contribution in [0, 0.1) is 17.3 Å². The number of nitrogens with one attached hydrogen (secondary N) is 3. The molecule has 0 bridgehead atoms. The van der Waals surface area contributed by atoms with Gasteiger partial charge in [0.1, 0.15) is 6.61 Å². The average molecular weight is 719 g/mol. The van der Waals surface area contributed by atoms with Crippen molar-refractivity contribution in [3.05, 3.63) is 29.8 Å². The van der Waals surface area contributed by atoms with Crippen LogP contribution in [0.4, 0.5) is 10.5 Å². The first-order chi connectivity index (χ1) is 23.5. The largest absolute Gasteiger partial charge is 0.460 e. The number of ether oxygens (including phenoxy) is 1. The maximum absolute atomic E-state index is 13.5. The molecule has 14 nitrogen and oxygen atoms in total. The van der Waals surface area contributed by atoms with Gasteiger partial charge in [-0.2, -0.15) is 0 Å². The summed E-state index contributed by atoms with van der Waals surface area (Å²) in [6, 6.07) is 5.29. The number of benzene rings is 1. The van der Waals surface area contributed by atoms with Gasteiger partial charge in [-0.05, 0) is 70.1 Å². The molecule has 2 rings (SSSR count). The molecule has 6 amide bonds. The van der Waals surface area contributed by atoms with Crippen LogP contribution in [0.2, 0.25) is 0 Å². The summed E-state index contributed by atoms with van der Waals surface area (Å²) >= 11 is 1.38. The van der Waals surface area contributed by atoms with Crippen LogP contribution < -0.4 is 27.4 Å². The number of likely N-dealkylation sites (tertiary alicyclic amines) is 1. The summed E-state index contributed by atoms with van der Waals surface area (Å²) in [6.45, 7) is 9.87. The third-order valence-corrected chi connectivity index (χ3v) is 9.30. The number of carbonyl (C=O) groups excluding carboxylic acids is 7. The van der Waals surface area contributed by atoms with Gasteiger partial charge in [0.15, 0.2) is 5.78 Å². The van der Waals surface area contributed by atoms with Gasteiger partial charge in [-0.25, -0.2) is 4.79 Å². The molecule has 1 aromatic carbocycles. The van der Waals surface area contributed by atoms with E-state index in [0.717, 1.165) is 5.56 Å². The summed E-state index contributed by atoms with van der Waals surface area (Å²) in [6.07, 6.45) is 1.64. The number of primary amides is 1. The van der Waals surface area contributed by atoms with E-state index in [9.17, 15) is 33.6 Å². The first-order valence-corrected chi connectivity index (χ1v) is 18.2. The fourth-order valence-electron chi connectivity index (χ4n) is 5.20. The number of imide groups is 1. The Labute approximate surface area is 298 Å². The van der Waals surface area contributed by atoms with Gasteiger partial charge in [-0.15, -0.1) is 11.8 Å². The number of thioether (sulfide) groups is 1. The van der Waals surface area contributed by atoms with E-state index in [1.54, 1.807) is 58.9 Å². The highest BCUT2D eigenvalue weighted by Gasteiger charge is 2.38. The highest BCUT2D eigenvalue weighted by Crippen LogP contribution is 2.25. The number of esters is 1. The number of hydrogen-bond acceptors (Lipinski definition) is 10. The summed E-state index contributed by atoms with van der Waals surface area (Å²) in [5.74, 6) is -2.23. The number of ketones is 1. The van der Waals surface area contributed by atoms with Gasteiger partial charge in [-0.1, -0.05) is 26.0 Å².